The fourth-order valence-corrected chi connectivity index (χ4v) is 1.73. The molecule has 0 aromatic carbocycles. The summed E-state index contributed by atoms with van der Waals surface area (Å²) in [7, 11) is 0. The molecule has 1 aliphatic rings. The Bertz CT molecular complexity index is 345. The molecule has 0 bridgehead atoms. The Morgan fingerprint density at radius 3 is 2.75 bits per heavy atom. The van der Waals surface area contributed by atoms with Crippen molar-refractivity contribution in [3.8, 4) is 0 Å². The first-order valence-corrected chi connectivity index (χ1v) is 5.83. The van der Waals surface area contributed by atoms with Crippen molar-refractivity contribution in [2.24, 2.45) is 5.41 Å². The van der Waals surface area contributed by atoms with Crippen LogP contribution in [0.1, 0.15) is 44.9 Å². The van der Waals surface area contributed by atoms with Crippen LogP contribution in [-0.4, -0.2) is 28.4 Å². The summed E-state index contributed by atoms with van der Waals surface area (Å²) in [5.41, 5.74) is 0.265. The lowest BCUT2D eigenvalue weighted by molar-refractivity contribution is 0.252. The van der Waals surface area contributed by atoms with Gasteiger partial charge >= 0.3 is 6.01 Å². The van der Waals surface area contributed by atoms with Gasteiger partial charge in [-0.2, -0.15) is 4.98 Å². The molecule has 0 amide bonds. The minimum absolute atomic E-state index is 0.253. The first kappa shape index (κ1) is 11.4. The molecule has 5 nitrogen and oxygen atoms in total. The topological polar surface area (TPSA) is 71.2 Å². The molecule has 1 fully saturated rings. The molecule has 1 aliphatic carbocycles. The van der Waals surface area contributed by atoms with Crippen LogP contribution in [0.15, 0.2) is 4.52 Å². The van der Waals surface area contributed by atoms with Gasteiger partial charge in [0.1, 0.15) is 0 Å². The Hall–Kier alpha value is -1.10. The first-order chi connectivity index (χ1) is 7.65. The van der Waals surface area contributed by atoms with Crippen LogP contribution in [0.25, 0.3) is 0 Å². The van der Waals surface area contributed by atoms with Crippen molar-refractivity contribution < 1.29 is 9.63 Å². The monoisotopic (exact) mass is 225 g/mol. The Morgan fingerprint density at radius 2 is 2.25 bits per heavy atom. The molecule has 2 N–H and O–H groups in total. The van der Waals surface area contributed by atoms with Crippen molar-refractivity contribution in [3.63, 3.8) is 0 Å². The summed E-state index contributed by atoms with van der Waals surface area (Å²) in [5.74, 6) is 1.01. The van der Waals surface area contributed by atoms with Gasteiger partial charge in [-0.1, -0.05) is 19.0 Å². The van der Waals surface area contributed by atoms with Gasteiger partial charge in [0.25, 0.3) is 0 Å². The molecule has 0 radical (unpaired) electrons. The van der Waals surface area contributed by atoms with Gasteiger partial charge in [-0.05, 0) is 24.7 Å². The zero-order valence-electron chi connectivity index (χ0n) is 9.86. The summed E-state index contributed by atoms with van der Waals surface area (Å²) in [6, 6.07) is 0.493. The van der Waals surface area contributed by atoms with Crippen LogP contribution in [0, 0.1) is 5.41 Å². The quantitative estimate of drug-likeness (QED) is 0.772. The third-order valence-electron chi connectivity index (χ3n) is 3.17. The second-order valence-electron chi connectivity index (χ2n) is 4.94. The Kier molecular flexibility index (Phi) is 3.14. The maximum atomic E-state index is 8.94. The number of hydrogen-bond acceptors (Lipinski definition) is 5. The highest BCUT2D eigenvalue weighted by Crippen LogP contribution is 2.48. The van der Waals surface area contributed by atoms with Gasteiger partial charge < -0.3 is 14.9 Å². The normalized spacial score (nSPS) is 17.8. The number of nitrogens with one attached hydrogen (secondary N) is 1. The lowest BCUT2D eigenvalue weighted by Gasteiger charge is -2.12. The number of nitrogens with zero attached hydrogens (tertiary/aromatic N) is 2. The average Bonchev–Trinajstić information content (AvgIpc) is 2.84. The molecule has 1 aromatic heterocycles. The molecule has 16 heavy (non-hydrogen) atoms. The van der Waals surface area contributed by atoms with E-state index in [0.717, 1.165) is 18.8 Å². The minimum Gasteiger partial charge on any atom is -0.396 e. The third-order valence-corrected chi connectivity index (χ3v) is 3.17. The van der Waals surface area contributed by atoms with Crippen molar-refractivity contribution in [1.29, 1.82) is 0 Å². The van der Waals surface area contributed by atoms with Gasteiger partial charge in [0.15, 0.2) is 5.82 Å². The van der Waals surface area contributed by atoms with E-state index in [0.29, 0.717) is 6.01 Å². The van der Waals surface area contributed by atoms with E-state index >= 15 is 0 Å². The first-order valence-electron chi connectivity index (χ1n) is 5.83. The molecule has 90 valence electrons. The maximum absolute atomic E-state index is 8.94. The van der Waals surface area contributed by atoms with Gasteiger partial charge in [0.2, 0.25) is 0 Å². The maximum Gasteiger partial charge on any atom is 0.321 e. The van der Waals surface area contributed by atoms with Gasteiger partial charge in [-0.15, -0.1) is 0 Å². The van der Waals surface area contributed by atoms with Crippen LogP contribution in [0.2, 0.25) is 0 Å². The predicted octanol–water partition coefficient (Wildman–Crippen LogP) is 1.77. The zero-order valence-corrected chi connectivity index (χ0v) is 9.86. The summed E-state index contributed by atoms with van der Waals surface area (Å²) in [6.45, 7) is 5.13. The molecule has 0 spiro atoms. The van der Waals surface area contributed by atoms with Crippen molar-refractivity contribution in [3.05, 3.63) is 5.82 Å². The fraction of sp³-hybridized carbons (Fsp3) is 0.818. The molecule has 1 aromatic rings. The van der Waals surface area contributed by atoms with Crippen LogP contribution in [0.5, 0.6) is 0 Å². The molecule has 0 unspecified atom stereocenters. The predicted molar refractivity (Wildman–Crippen MR) is 60.2 cm³/mol. The van der Waals surface area contributed by atoms with Crippen molar-refractivity contribution in [1.82, 2.24) is 10.1 Å². The van der Waals surface area contributed by atoms with E-state index in [-0.39, 0.29) is 17.9 Å². The molecule has 0 aliphatic heterocycles. The van der Waals surface area contributed by atoms with Crippen LogP contribution >= 0.6 is 0 Å². The molecule has 1 saturated carbocycles. The second-order valence-corrected chi connectivity index (χ2v) is 4.94. The third kappa shape index (κ3) is 2.52. The van der Waals surface area contributed by atoms with E-state index in [9.17, 15) is 0 Å². The summed E-state index contributed by atoms with van der Waals surface area (Å²) < 4.78 is 5.09. The summed E-state index contributed by atoms with van der Waals surface area (Å²) >= 11 is 0. The SMILES string of the molecule is CC(C)c1noc(NCC2(CCO)CC2)n1. The molecule has 1 heterocycles. The van der Waals surface area contributed by atoms with Crippen molar-refractivity contribution in [2.45, 2.75) is 39.0 Å². The summed E-state index contributed by atoms with van der Waals surface area (Å²) in [4.78, 5) is 4.25. The van der Waals surface area contributed by atoms with E-state index in [1.54, 1.807) is 0 Å². The van der Waals surface area contributed by atoms with Gasteiger partial charge in [-0.25, -0.2) is 0 Å². The largest absolute Gasteiger partial charge is 0.396 e. The standard InChI is InChI=1S/C11H19N3O2/c1-8(2)9-13-10(16-14-9)12-7-11(3-4-11)5-6-15/h8,15H,3-7H2,1-2H3,(H,12,13,14). The number of hydrogen-bond donors (Lipinski definition) is 2. The van der Waals surface area contributed by atoms with Crippen LogP contribution in [-0.2, 0) is 0 Å². The molecular weight excluding hydrogens is 206 g/mol. The van der Waals surface area contributed by atoms with Gasteiger partial charge in [-0.3, -0.25) is 0 Å². The lowest BCUT2D eigenvalue weighted by atomic mass is 10.0. The minimum atomic E-state index is 0.253. The van der Waals surface area contributed by atoms with Crippen LogP contribution in [0.3, 0.4) is 0 Å². The number of rotatable bonds is 6. The summed E-state index contributed by atoms with van der Waals surface area (Å²) in [6.07, 6.45) is 3.20. The van der Waals surface area contributed by atoms with E-state index < -0.39 is 0 Å². The fourth-order valence-electron chi connectivity index (χ4n) is 1.73. The average molecular weight is 225 g/mol. The highest BCUT2D eigenvalue weighted by atomic mass is 16.5. The molecule has 0 atom stereocenters. The van der Waals surface area contributed by atoms with E-state index in [2.05, 4.69) is 15.5 Å². The Labute approximate surface area is 95.2 Å². The molecule has 5 heteroatoms. The highest BCUT2D eigenvalue weighted by molar-refractivity contribution is 5.21. The van der Waals surface area contributed by atoms with Crippen LogP contribution in [0.4, 0.5) is 6.01 Å². The highest BCUT2D eigenvalue weighted by Gasteiger charge is 2.41. The Balaban J connectivity index is 1.85. The number of anilines is 1. The van der Waals surface area contributed by atoms with Gasteiger partial charge in [0.05, 0.1) is 0 Å². The molecule has 0 saturated heterocycles. The van der Waals surface area contributed by atoms with Crippen LogP contribution < -0.4 is 5.32 Å². The number of aliphatic hydroxyl groups is 1. The van der Waals surface area contributed by atoms with Crippen molar-refractivity contribution in [2.75, 3.05) is 18.5 Å². The van der Waals surface area contributed by atoms with E-state index in [1.807, 2.05) is 13.8 Å². The molecular formula is C11H19N3O2. The lowest BCUT2D eigenvalue weighted by Crippen LogP contribution is -2.16. The second kappa shape index (κ2) is 4.41. The van der Waals surface area contributed by atoms with E-state index in [4.69, 9.17) is 9.63 Å². The van der Waals surface area contributed by atoms with Crippen molar-refractivity contribution >= 4 is 6.01 Å². The Morgan fingerprint density at radius 1 is 1.50 bits per heavy atom. The number of aliphatic hydroxyl groups excluding tert-OH is 1. The summed E-state index contributed by atoms with van der Waals surface area (Å²) in [5, 5.41) is 16.0. The van der Waals surface area contributed by atoms with E-state index in [1.165, 1.54) is 12.8 Å². The molecule has 2 rings (SSSR count). The van der Waals surface area contributed by atoms with Gasteiger partial charge in [0, 0.05) is 19.1 Å². The number of aromatic nitrogens is 2. The zero-order chi connectivity index (χ0) is 11.6. The smallest absolute Gasteiger partial charge is 0.321 e.